The topological polar surface area (TPSA) is 92.7 Å². The van der Waals surface area contributed by atoms with Gasteiger partial charge in [0, 0.05) is 30.2 Å². The minimum Gasteiger partial charge on any atom is -0.482 e. The van der Waals surface area contributed by atoms with Gasteiger partial charge in [-0.2, -0.15) is 0 Å². The third kappa shape index (κ3) is 5.17. The molecule has 6 heteroatoms. The van der Waals surface area contributed by atoms with Gasteiger partial charge < -0.3 is 15.2 Å². The molecule has 0 radical (unpaired) electrons. The predicted molar refractivity (Wildman–Crippen MR) is 100 cm³/mol. The number of ketones is 1. The number of hydrogen-bond acceptors (Lipinski definition) is 4. The van der Waals surface area contributed by atoms with E-state index in [9.17, 15) is 14.4 Å². The maximum absolute atomic E-state index is 12.3. The van der Waals surface area contributed by atoms with E-state index in [2.05, 4.69) is 5.32 Å². The quantitative estimate of drug-likeness (QED) is 0.699. The summed E-state index contributed by atoms with van der Waals surface area (Å²) < 4.78 is 5.08. The zero-order valence-electron chi connectivity index (χ0n) is 14.9. The number of carboxylic acid groups (broad SMARTS) is 1. The number of fused-ring (bicyclic) bond motifs is 1. The van der Waals surface area contributed by atoms with E-state index < -0.39 is 12.6 Å². The Hall–Kier alpha value is -3.15. The van der Waals surface area contributed by atoms with Crippen molar-refractivity contribution in [2.75, 3.05) is 11.9 Å². The molecule has 3 rings (SSSR count). The Kier molecular flexibility index (Phi) is 5.86. The van der Waals surface area contributed by atoms with E-state index in [1.54, 1.807) is 24.3 Å². The van der Waals surface area contributed by atoms with Crippen molar-refractivity contribution in [2.45, 2.75) is 32.1 Å². The zero-order valence-corrected chi connectivity index (χ0v) is 14.9. The van der Waals surface area contributed by atoms with E-state index in [0.717, 1.165) is 19.3 Å². The molecule has 1 aliphatic rings. The van der Waals surface area contributed by atoms with Gasteiger partial charge in [0.25, 0.3) is 0 Å². The Labute approximate surface area is 157 Å². The molecule has 0 saturated carbocycles. The molecular formula is C21H21NO5. The van der Waals surface area contributed by atoms with Gasteiger partial charge in [0.1, 0.15) is 5.75 Å². The number of carbonyl (C=O) groups excluding carboxylic acids is 2. The molecule has 2 aromatic carbocycles. The molecule has 0 atom stereocenters. The normalized spacial score (nSPS) is 12.3. The second kappa shape index (κ2) is 8.49. The number of hydrogen-bond donors (Lipinski definition) is 2. The standard InChI is InChI=1S/C21H21NO5/c23-19(16-8-7-14-3-1-4-15(14)11-16)9-10-20(24)22-17-5-2-6-18(12-17)27-13-21(25)26/h2,5-8,11-12H,1,3-4,9-10,13H2,(H,22,24)(H,25,26). The third-order valence-electron chi connectivity index (χ3n) is 4.48. The molecule has 2 N–H and O–H groups in total. The van der Waals surface area contributed by atoms with E-state index in [-0.39, 0.29) is 24.5 Å². The first kappa shape index (κ1) is 18.6. The number of amides is 1. The Balaban J connectivity index is 1.51. The van der Waals surface area contributed by atoms with Gasteiger partial charge in [-0.1, -0.05) is 18.2 Å². The number of Topliss-reactive ketones (excluding diaryl/α,β-unsaturated/α-hetero) is 1. The summed E-state index contributed by atoms with van der Waals surface area (Å²) in [6, 6.07) is 12.3. The van der Waals surface area contributed by atoms with Gasteiger partial charge in [0.2, 0.25) is 5.91 Å². The number of rotatable bonds is 8. The zero-order chi connectivity index (χ0) is 19.2. The van der Waals surface area contributed by atoms with Crippen molar-refractivity contribution in [3.05, 3.63) is 59.2 Å². The highest BCUT2D eigenvalue weighted by Gasteiger charge is 2.15. The Morgan fingerprint density at radius 3 is 2.63 bits per heavy atom. The fourth-order valence-corrected chi connectivity index (χ4v) is 3.15. The van der Waals surface area contributed by atoms with Crippen molar-refractivity contribution in [2.24, 2.45) is 0 Å². The van der Waals surface area contributed by atoms with Gasteiger partial charge in [0.15, 0.2) is 12.4 Å². The fourth-order valence-electron chi connectivity index (χ4n) is 3.15. The highest BCUT2D eigenvalue weighted by Crippen LogP contribution is 2.23. The molecule has 1 amide bonds. The highest BCUT2D eigenvalue weighted by atomic mass is 16.5. The van der Waals surface area contributed by atoms with Crippen LogP contribution >= 0.6 is 0 Å². The van der Waals surface area contributed by atoms with Crippen molar-refractivity contribution in [1.29, 1.82) is 0 Å². The van der Waals surface area contributed by atoms with E-state index >= 15 is 0 Å². The largest absolute Gasteiger partial charge is 0.482 e. The summed E-state index contributed by atoms with van der Waals surface area (Å²) in [6.45, 7) is -0.452. The first-order valence-electron chi connectivity index (χ1n) is 8.91. The molecule has 140 valence electrons. The van der Waals surface area contributed by atoms with Crippen LogP contribution in [0.25, 0.3) is 0 Å². The minimum absolute atomic E-state index is 0.0432. The van der Waals surface area contributed by atoms with Gasteiger partial charge in [-0.3, -0.25) is 9.59 Å². The summed E-state index contributed by atoms with van der Waals surface area (Å²) in [6.07, 6.45) is 3.43. The fraction of sp³-hybridized carbons (Fsp3) is 0.286. The van der Waals surface area contributed by atoms with Crippen LogP contribution in [0.2, 0.25) is 0 Å². The molecule has 1 aliphatic carbocycles. The molecule has 0 fully saturated rings. The van der Waals surface area contributed by atoms with Crippen LogP contribution in [0.3, 0.4) is 0 Å². The summed E-state index contributed by atoms with van der Waals surface area (Å²) in [4.78, 5) is 35.0. The number of benzene rings is 2. The summed E-state index contributed by atoms with van der Waals surface area (Å²) in [7, 11) is 0. The lowest BCUT2D eigenvalue weighted by Crippen LogP contribution is -2.14. The Bertz CT molecular complexity index is 875. The van der Waals surface area contributed by atoms with Crippen LogP contribution in [0, 0.1) is 0 Å². The molecule has 0 spiro atoms. The summed E-state index contributed by atoms with van der Waals surface area (Å²) >= 11 is 0. The lowest BCUT2D eigenvalue weighted by Gasteiger charge is -2.08. The molecule has 0 aliphatic heterocycles. The molecule has 0 bridgehead atoms. The molecule has 0 saturated heterocycles. The molecule has 0 aromatic heterocycles. The average molecular weight is 367 g/mol. The maximum Gasteiger partial charge on any atom is 0.341 e. The van der Waals surface area contributed by atoms with Crippen LogP contribution in [0.4, 0.5) is 5.69 Å². The van der Waals surface area contributed by atoms with Crippen LogP contribution in [0.5, 0.6) is 5.75 Å². The van der Waals surface area contributed by atoms with Gasteiger partial charge in [-0.25, -0.2) is 4.79 Å². The first-order chi connectivity index (χ1) is 13.0. The lowest BCUT2D eigenvalue weighted by atomic mass is 10.0. The molecule has 0 unspecified atom stereocenters. The van der Waals surface area contributed by atoms with Crippen molar-refractivity contribution in [1.82, 2.24) is 0 Å². The maximum atomic E-state index is 12.3. The van der Waals surface area contributed by atoms with Crippen molar-refractivity contribution < 1.29 is 24.2 Å². The number of aryl methyl sites for hydroxylation is 2. The van der Waals surface area contributed by atoms with Crippen LogP contribution in [-0.4, -0.2) is 29.4 Å². The van der Waals surface area contributed by atoms with Gasteiger partial charge in [-0.15, -0.1) is 0 Å². The second-order valence-corrected chi connectivity index (χ2v) is 6.52. The van der Waals surface area contributed by atoms with Crippen molar-refractivity contribution in [3.63, 3.8) is 0 Å². The number of carboxylic acids is 1. The van der Waals surface area contributed by atoms with Crippen LogP contribution in [-0.2, 0) is 22.4 Å². The SMILES string of the molecule is O=C(O)COc1cccc(NC(=O)CCC(=O)c2ccc3c(c2)CCC3)c1. The number of nitrogens with one attached hydrogen (secondary N) is 1. The minimum atomic E-state index is -1.07. The van der Waals surface area contributed by atoms with Crippen molar-refractivity contribution in [3.8, 4) is 5.75 Å². The van der Waals surface area contributed by atoms with Gasteiger partial charge >= 0.3 is 5.97 Å². The van der Waals surface area contributed by atoms with E-state index in [1.165, 1.54) is 11.1 Å². The summed E-state index contributed by atoms with van der Waals surface area (Å²) in [5, 5.41) is 11.3. The average Bonchev–Trinajstić information content (AvgIpc) is 3.12. The number of ether oxygens (including phenoxy) is 1. The predicted octanol–water partition coefficient (Wildman–Crippen LogP) is 3.24. The van der Waals surface area contributed by atoms with Gasteiger partial charge in [0.05, 0.1) is 0 Å². The molecular weight excluding hydrogens is 346 g/mol. The first-order valence-corrected chi connectivity index (χ1v) is 8.91. The van der Waals surface area contributed by atoms with Crippen LogP contribution in [0.1, 0.15) is 40.7 Å². The van der Waals surface area contributed by atoms with Crippen LogP contribution in [0.15, 0.2) is 42.5 Å². The molecule has 0 heterocycles. The smallest absolute Gasteiger partial charge is 0.341 e. The molecule has 2 aromatic rings. The van der Waals surface area contributed by atoms with Gasteiger partial charge in [-0.05, 0) is 48.6 Å². The molecule has 27 heavy (non-hydrogen) atoms. The Morgan fingerprint density at radius 2 is 1.81 bits per heavy atom. The summed E-state index contributed by atoms with van der Waals surface area (Å²) in [5.74, 6) is -1.04. The number of carbonyl (C=O) groups is 3. The van der Waals surface area contributed by atoms with E-state index in [0.29, 0.717) is 17.0 Å². The monoisotopic (exact) mass is 367 g/mol. The van der Waals surface area contributed by atoms with E-state index in [4.69, 9.17) is 9.84 Å². The number of anilines is 1. The highest BCUT2D eigenvalue weighted by molar-refractivity contribution is 6.00. The van der Waals surface area contributed by atoms with Crippen LogP contribution < -0.4 is 10.1 Å². The van der Waals surface area contributed by atoms with E-state index in [1.807, 2.05) is 18.2 Å². The third-order valence-corrected chi connectivity index (χ3v) is 4.48. The second-order valence-electron chi connectivity index (χ2n) is 6.52. The molecule has 6 nitrogen and oxygen atoms in total. The lowest BCUT2D eigenvalue weighted by molar-refractivity contribution is -0.139. The number of aliphatic carboxylic acids is 1. The summed E-state index contributed by atoms with van der Waals surface area (Å²) in [5.41, 5.74) is 3.71. The van der Waals surface area contributed by atoms with Crippen molar-refractivity contribution >= 4 is 23.3 Å². The Morgan fingerprint density at radius 1 is 1.00 bits per heavy atom.